The van der Waals surface area contributed by atoms with E-state index in [2.05, 4.69) is 37.5 Å². The third kappa shape index (κ3) is 3.30. The number of hydrogen-bond donors (Lipinski definition) is 0. The fraction of sp³-hybridized carbons (Fsp3) is 0.263. The van der Waals surface area contributed by atoms with E-state index in [9.17, 15) is 14.4 Å². The smallest absolute Gasteiger partial charge is 0.263 e. The van der Waals surface area contributed by atoms with Gasteiger partial charge in [0.2, 0.25) is 0 Å². The van der Waals surface area contributed by atoms with Crippen molar-refractivity contribution in [1.29, 1.82) is 0 Å². The van der Waals surface area contributed by atoms with Crippen molar-refractivity contribution in [3.63, 3.8) is 0 Å². The minimum Gasteiger partial charge on any atom is -0.263 e. The molecule has 1 aliphatic rings. The lowest BCUT2D eigenvalue weighted by atomic mass is 10.0. The van der Waals surface area contributed by atoms with Crippen LogP contribution < -0.4 is 0 Å². The molecule has 0 saturated carbocycles. The Hall–Kier alpha value is -2.80. The number of imide groups is 2. The van der Waals surface area contributed by atoms with Crippen molar-refractivity contribution in [2.24, 2.45) is 0 Å². The molecule has 0 aliphatic carbocycles. The summed E-state index contributed by atoms with van der Waals surface area (Å²) in [7, 11) is 0. The van der Waals surface area contributed by atoms with Crippen LogP contribution in [-0.4, -0.2) is 39.2 Å². The number of aromatic nitrogens is 1. The highest BCUT2D eigenvalue weighted by Crippen LogP contribution is 2.28. The summed E-state index contributed by atoms with van der Waals surface area (Å²) in [4.78, 5) is 43.1. The van der Waals surface area contributed by atoms with Gasteiger partial charge < -0.3 is 0 Å². The molecule has 1 aromatic heterocycles. The Kier molecular flexibility index (Phi) is 4.99. The average Bonchev–Trinajstić information content (AvgIpc) is 3.17. The van der Waals surface area contributed by atoms with E-state index in [1.165, 1.54) is 23.0 Å². The molecule has 0 spiro atoms. The molecule has 1 aliphatic heterocycles. The Bertz CT molecular complexity index is 870. The van der Waals surface area contributed by atoms with Crippen LogP contribution in [0.5, 0.6) is 0 Å². The van der Waals surface area contributed by atoms with Crippen LogP contribution in [0, 0.1) is 0 Å². The van der Waals surface area contributed by atoms with Crippen LogP contribution in [0.1, 0.15) is 30.2 Å². The lowest BCUT2D eigenvalue weighted by Gasteiger charge is -2.12. The van der Waals surface area contributed by atoms with Gasteiger partial charge in [-0.1, -0.05) is 44.2 Å². The fourth-order valence-electron chi connectivity index (χ4n) is 2.66. The van der Waals surface area contributed by atoms with Crippen LogP contribution in [0.15, 0.2) is 43.1 Å². The van der Waals surface area contributed by atoms with Crippen LogP contribution in [0.4, 0.5) is 4.79 Å². The summed E-state index contributed by atoms with van der Waals surface area (Å²) in [6.07, 6.45) is 3.05. The fourth-order valence-corrected chi connectivity index (χ4v) is 3.57. The zero-order chi connectivity index (χ0) is 18.8. The molecule has 134 valence electrons. The number of carbonyl (C=O) groups excluding carboxylic acids is 3. The highest BCUT2D eigenvalue weighted by molar-refractivity contribution is 7.15. The van der Waals surface area contributed by atoms with E-state index in [0.29, 0.717) is 5.92 Å². The lowest BCUT2D eigenvalue weighted by Crippen LogP contribution is -2.32. The number of rotatable bonds is 6. The number of amides is 4. The molecule has 0 radical (unpaired) electrons. The summed E-state index contributed by atoms with van der Waals surface area (Å²) in [6.45, 7) is 7.83. The average molecular weight is 369 g/mol. The number of nitrogens with zero attached hydrogens (tertiary/aromatic N) is 3. The van der Waals surface area contributed by atoms with E-state index in [1.54, 1.807) is 6.20 Å². The third-order valence-electron chi connectivity index (χ3n) is 4.14. The molecule has 1 fully saturated rings. The predicted molar refractivity (Wildman–Crippen MR) is 99.5 cm³/mol. The Labute approximate surface area is 155 Å². The molecular formula is C19H19N3O3S. The van der Waals surface area contributed by atoms with Gasteiger partial charge in [-0.05, 0) is 11.5 Å². The molecule has 0 atom stereocenters. The minimum atomic E-state index is -0.816. The van der Waals surface area contributed by atoms with Crippen LogP contribution in [0.25, 0.3) is 10.6 Å². The van der Waals surface area contributed by atoms with Crippen LogP contribution in [0.3, 0.4) is 0 Å². The Morgan fingerprint density at radius 3 is 2.38 bits per heavy atom. The van der Waals surface area contributed by atoms with E-state index in [0.717, 1.165) is 25.2 Å². The van der Waals surface area contributed by atoms with Gasteiger partial charge in [-0.2, -0.15) is 0 Å². The van der Waals surface area contributed by atoms with Crippen molar-refractivity contribution < 1.29 is 14.4 Å². The topological polar surface area (TPSA) is 70.6 Å². The standard InChI is InChI=1S/C19H19N3O3S/c1-4-9-21-17(23)18(24)22(19(21)25)11-15-10-20-16(26-15)14-7-5-13(6-8-14)12(2)3/h4-8,10,12H,1,9,11H2,2-3H3. The van der Waals surface area contributed by atoms with Crippen LogP contribution in [-0.2, 0) is 16.1 Å². The highest BCUT2D eigenvalue weighted by Gasteiger charge is 2.43. The van der Waals surface area contributed by atoms with Gasteiger partial charge in [0.15, 0.2) is 0 Å². The maximum atomic E-state index is 12.2. The first-order chi connectivity index (χ1) is 12.4. The molecule has 0 N–H and O–H groups in total. The van der Waals surface area contributed by atoms with Gasteiger partial charge in [0.1, 0.15) is 5.01 Å². The van der Waals surface area contributed by atoms with E-state index >= 15 is 0 Å². The van der Waals surface area contributed by atoms with Gasteiger partial charge >= 0.3 is 17.8 Å². The molecule has 6 nitrogen and oxygen atoms in total. The summed E-state index contributed by atoms with van der Waals surface area (Å²) in [5, 5.41) is 0.809. The van der Waals surface area contributed by atoms with Gasteiger partial charge in [-0.3, -0.25) is 19.4 Å². The normalized spacial score (nSPS) is 14.7. The molecule has 0 unspecified atom stereocenters. The zero-order valence-corrected chi connectivity index (χ0v) is 15.5. The maximum absolute atomic E-state index is 12.2. The molecule has 3 rings (SSSR count). The second-order valence-corrected chi connectivity index (χ2v) is 7.40. The summed E-state index contributed by atoms with van der Waals surface area (Å²) in [6, 6.07) is 7.55. The first-order valence-corrected chi connectivity index (χ1v) is 9.07. The largest absolute Gasteiger partial charge is 0.334 e. The van der Waals surface area contributed by atoms with Crippen molar-refractivity contribution in [1.82, 2.24) is 14.8 Å². The van der Waals surface area contributed by atoms with Crippen LogP contribution in [0.2, 0.25) is 0 Å². The molecule has 7 heteroatoms. The maximum Gasteiger partial charge on any atom is 0.334 e. The van der Waals surface area contributed by atoms with Crippen molar-refractivity contribution in [2.75, 3.05) is 6.54 Å². The second kappa shape index (κ2) is 7.21. The van der Waals surface area contributed by atoms with Gasteiger partial charge in [-0.25, -0.2) is 9.78 Å². The van der Waals surface area contributed by atoms with Crippen molar-refractivity contribution in [3.05, 3.63) is 53.6 Å². The van der Waals surface area contributed by atoms with E-state index in [-0.39, 0.29) is 13.1 Å². The predicted octanol–water partition coefficient (Wildman–Crippen LogP) is 3.41. The number of carbonyl (C=O) groups is 3. The molecule has 1 aromatic carbocycles. The molecule has 0 bridgehead atoms. The summed E-state index contributed by atoms with van der Waals surface area (Å²) >= 11 is 1.40. The second-order valence-electron chi connectivity index (χ2n) is 6.29. The summed E-state index contributed by atoms with van der Waals surface area (Å²) in [5.41, 5.74) is 2.23. The van der Waals surface area contributed by atoms with Crippen molar-refractivity contribution in [3.8, 4) is 10.6 Å². The molecule has 2 aromatic rings. The van der Waals surface area contributed by atoms with E-state index in [4.69, 9.17) is 0 Å². The Morgan fingerprint density at radius 2 is 1.77 bits per heavy atom. The van der Waals surface area contributed by atoms with Gasteiger partial charge in [0.25, 0.3) is 0 Å². The SMILES string of the molecule is C=CCN1C(=O)C(=O)N(Cc2cnc(-c3ccc(C(C)C)cc3)s2)C1=O. The zero-order valence-electron chi connectivity index (χ0n) is 14.6. The summed E-state index contributed by atoms with van der Waals surface area (Å²) < 4.78 is 0. The van der Waals surface area contributed by atoms with Gasteiger partial charge in [0, 0.05) is 23.2 Å². The third-order valence-corrected chi connectivity index (χ3v) is 5.17. The van der Waals surface area contributed by atoms with Gasteiger partial charge in [0.05, 0.1) is 6.54 Å². The van der Waals surface area contributed by atoms with Crippen molar-refractivity contribution in [2.45, 2.75) is 26.3 Å². The Balaban J connectivity index is 1.76. The monoisotopic (exact) mass is 369 g/mol. The number of benzene rings is 1. The van der Waals surface area contributed by atoms with Crippen molar-refractivity contribution >= 4 is 29.2 Å². The molecule has 4 amide bonds. The molecular weight excluding hydrogens is 350 g/mol. The summed E-state index contributed by atoms with van der Waals surface area (Å²) in [5.74, 6) is -1.17. The lowest BCUT2D eigenvalue weighted by molar-refractivity contribution is -0.143. The quantitative estimate of drug-likeness (QED) is 0.444. The first kappa shape index (κ1) is 18.0. The number of urea groups is 1. The molecule has 1 saturated heterocycles. The van der Waals surface area contributed by atoms with E-state index < -0.39 is 17.8 Å². The highest BCUT2D eigenvalue weighted by atomic mass is 32.1. The Morgan fingerprint density at radius 1 is 1.12 bits per heavy atom. The van der Waals surface area contributed by atoms with E-state index in [1.807, 2.05) is 12.1 Å². The minimum absolute atomic E-state index is 0.0239. The first-order valence-electron chi connectivity index (χ1n) is 8.25. The molecule has 2 heterocycles. The van der Waals surface area contributed by atoms with Gasteiger partial charge in [-0.15, -0.1) is 17.9 Å². The molecule has 26 heavy (non-hydrogen) atoms. The van der Waals surface area contributed by atoms with Crippen LogP contribution >= 0.6 is 11.3 Å². The number of thiazole rings is 1. The number of hydrogen-bond acceptors (Lipinski definition) is 5.